The number of H-pyrrole nitrogens is 2. The molecule has 4 heterocycles. The Morgan fingerprint density at radius 1 is 1.21 bits per heavy atom. The number of aromatic nitrogens is 3. The Morgan fingerprint density at radius 3 is 2.68 bits per heavy atom. The average Bonchev–Trinajstić information content (AvgIpc) is 3.11. The van der Waals surface area contributed by atoms with Crippen molar-refractivity contribution in [1.29, 1.82) is 0 Å². The predicted octanol–water partition coefficient (Wildman–Crippen LogP) is -0.114. The van der Waals surface area contributed by atoms with Crippen LogP contribution in [-0.4, -0.2) is 59.0 Å². The fourth-order valence-corrected chi connectivity index (χ4v) is 3.31. The van der Waals surface area contributed by atoms with Crippen molar-refractivity contribution < 1.29 is 9.21 Å². The Hall–Kier alpha value is -3.40. The Morgan fingerprint density at radius 2 is 2.00 bits per heavy atom. The molecule has 1 aliphatic heterocycles. The molecule has 0 aromatic carbocycles. The van der Waals surface area contributed by atoms with Gasteiger partial charge < -0.3 is 14.6 Å². The summed E-state index contributed by atoms with van der Waals surface area (Å²) in [4.78, 5) is 48.0. The summed E-state index contributed by atoms with van der Waals surface area (Å²) in [7, 11) is 1.58. The van der Waals surface area contributed by atoms with Gasteiger partial charge in [0.2, 0.25) is 5.71 Å². The van der Waals surface area contributed by atoms with Crippen LogP contribution in [0.4, 0.5) is 5.69 Å². The molecule has 1 aliphatic rings. The molecule has 1 fully saturated rings. The first kappa shape index (κ1) is 18.0. The van der Waals surface area contributed by atoms with Gasteiger partial charge in [-0.2, -0.15) is 0 Å². The second-order valence-corrected chi connectivity index (χ2v) is 6.61. The molecule has 0 radical (unpaired) electrons. The number of piperazine rings is 1. The SMILES string of the molecule is CNC(=O)c1ccc(N2CCN(Cc3cc4c(=O)[nH]c(=O)[nH]c4o3)CC2)cn1. The summed E-state index contributed by atoms with van der Waals surface area (Å²) in [6.45, 7) is 3.78. The van der Waals surface area contributed by atoms with Crippen LogP contribution in [0.1, 0.15) is 16.2 Å². The van der Waals surface area contributed by atoms with Gasteiger partial charge >= 0.3 is 5.69 Å². The van der Waals surface area contributed by atoms with Crippen LogP contribution in [0.15, 0.2) is 38.4 Å². The summed E-state index contributed by atoms with van der Waals surface area (Å²) < 4.78 is 5.61. The standard InChI is InChI=1S/C18H20N6O4/c1-19-16(26)14-3-2-11(9-20-14)24-6-4-23(5-7-24)10-12-8-13-15(25)21-18(27)22-17(13)28-12/h2-3,8-9H,4-7,10H2,1H3,(H,19,26)(H2,21,22,25,27). The molecule has 146 valence electrons. The fraction of sp³-hybridized carbons (Fsp3) is 0.333. The molecule has 0 bridgehead atoms. The van der Waals surface area contributed by atoms with Crippen LogP contribution in [0, 0.1) is 0 Å². The molecule has 0 atom stereocenters. The number of aromatic amines is 2. The monoisotopic (exact) mass is 384 g/mol. The summed E-state index contributed by atoms with van der Waals surface area (Å²) in [5, 5.41) is 2.90. The molecule has 0 saturated carbocycles. The lowest BCUT2D eigenvalue weighted by Crippen LogP contribution is -2.46. The number of rotatable bonds is 4. The van der Waals surface area contributed by atoms with Crippen molar-refractivity contribution in [2.45, 2.75) is 6.54 Å². The topological polar surface area (TPSA) is 127 Å². The van der Waals surface area contributed by atoms with E-state index in [1.54, 1.807) is 25.4 Å². The van der Waals surface area contributed by atoms with Crippen LogP contribution in [0.25, 0.3) is 11.1 Å². The summed E-state index contributed by atoms with van der Waals surface area (Å²) >= 11 is 0. The number of carbonyl (C=O) groups excluding carboxylic acids is 1. The summed E-state index contributed by atoms with van der Waals surface area (Å²) in [5.74, 6) is 0.426. The first-order chi connectivity index (χ1) is 13.5. The van der Waals surface area contributed by atoms with Crippen molar-refractivity contribution in [2.75, 3.05) is 38.1 Å². The zero-order chi connectivity index (χ0) is 19.7. The van der Waals surface area contributed by atoms with E-state index >= 15 is 0 Å². The van der Waals surface area contributed by atoms with Crippen LogP contribution >= 0.6 is 0 Å². The smallest absolute Gasteiger partial charge is 0.328 e. The molecule has 0 spiro atoms. The number of fused-ring (bicyclic) bond motifs is 1. The number of nitrogens with one attached hydrogen (secondary N) is 3. The first-order valence-electron chi connectivity index (χ1n) is 8.94. The maximum absolute atomic E-state index is 11.8. The van der Waals surface area contributed by atoms with Crippen molar-refractivity contribution in [3.05, 3.63) is 56.7 Å². The number of hydrogen-bond donors (Lipinski definition) is 3. The van der Waals surface area contributed by atoms with Gasteiger partial charge in [0.05, 0.1) is 18.4 Å². The fourth-order valence-electron chi connectivity index (χ4n) is 3.31. The number of nitrogens with zero attached hydrogens (tertiary/aromatic N) is 3. The van der Waals surface area contributed by atoms with Crippen LogP contribution in [-0.2, 0) is 6.54 Å². The molecule has 0 aliphatic carbocycles. The highest BCUT2D eigenvalue weighted by molar-refractivity contribution is 5.92. The molecule has 3 aromatic heterocycles. The zero-order valence-electron chi connectivity index (χ0n) is 15.3. The van der Waals surface area contributed by atoms with Crippen molar-refractivity contribution in [3.8, 4) is 0 Å². The Balaban J connectivity index is 1.39. The van der Waals surface area contributed by atoms with Crippen LogP contribution < -0.4 is 21.5 Å². The number of amides is 1. The van der Waals surface area contributed by atoms with Crippen LogP contribution in [0.5, 0.6) is 0 Å². The third-order valence-electron chi connectivity index (χ3n) is 4.81. The minimum atomic E-state index is -0.580. The molecule has 28 heavy (non-hydrogen) atoms. The summed E-state index contributed by atoms with van der Waals surface area (Å²) in [6.07, 6.45) is 1.71. The maximum atomic E-state index is 11.8. The minimum absolute atomic E-state index is 0.199. The molecule has 10 heteroatoms. The van der Waals surface area contributed by atoms with E-state index in [2.05, 4.69) is 30.1 Å². The molecular weight excluding hydrogens is 364 g/mol. The normalized spacial score (nSPS) is 15.1. The van der Waals surface area contributed by atoms with Gasteiger partial charge in [-0.25, -0.2) is 9.78 Å². The van der Waals surface area contributed by atoms with Gasteiger partial charge in [0, 0.05) is 33.2 Å². The number of carbonyl (C=O) groups is 1. The van der Waals surface area contributed by atoms with E-state index in [1.165, 1.54) is 0 Å². The molecule has 1 saturated heterocycles. The van der Waals surface area contributed by atoms with Gasteiger partial charge in [-0.1, -0.05) is 0 Å². The molecule has 0 unspecified atom stereocenters. The van der Waals surface area contributed by atoms with E-state index in [0.29, 0.717) is 23.4 Å². The number of furan rings is 1. The summed E-state index contributed by atoms with van der Waals surface area (Å²) in [5.41, 5.74) is 0.530. The highest BCUT2D eigenvalue weighted by Gasteiger charge is 2.20. The first-order valence-corrected chi connectivity index (χ1v) is 8.94. The van der Waals surface area contributed by atoms with E-state index in [0.717, 1.165) is 31.9 Å². The third kappa shape index (κ3) is 3.54. The van der Waals surface area contributed by atoms with Gasteiger partial charge in [-0.15, -0.1) is 0 Å². The molecule has 3 aromatic rings. The number of hydrogen-bond acceptors (Lipinski definition) is 7. The van der Waals surface area contributed by atoms with E-state index in [-0.39, 0.29) is 11.6 Å². The molecular formula is C18H20N6O4. The molecule has 10 nitrogen and oxygen atoms in total. The Labute approximate surface area is 159 Å². The molecule has 3 N–H and O–H groups in total. The van der Waals surface area contributed by atoms with Gasteiger partial charge in [-0.05, 0) is 18.2 Å². The minimum Gasteiger partial charge on any atom is -0.443 e. The third-order valence-corrected chi connectivity index (χ3v) is 4.81. The van der Waals surface area contributed by atoms with Crippen LogP contribution in [0.3, 0.4) is 0 Å². The Kier molecular flexibility index (Phi) is 4.70. The number of anilines is 1. The molecule has 1 amide bonds. The lowest BCUT2D eigenvalue weighted by Gasteiger charge is -2.35. The van der Waals surface area contributed by atoms with E-state index < -0.39 is 11.2 Å². The highest BCUT2D eigenvalue weighted by Crippen LogP contribution is 2.19. The zero-order valence-corrected chi connectivity index (χ0v) is 15.3. The lowest BCUT2D eigenvalue weighted by molar-refractivity contribution is 0.0958. The van der Waals surface area contributed by atoms with Crippen molar-refractivity contribution in [3.63, 3.8) is 0 Å². The van der Waals surface area contributed by atoms with Gasteiger partial charge in [0.15, 0.2) is 0 Å². The van der Waals surface area contributed by atoms with E-state index in [9.17, 15) is 14.4 Å². The second kappa shape index (κ2) is 7.31. The van der Waals surface area contributed by atoms with Gasteiger partial charge in [0.1, 0.15) is 16.8 Å². The largest absolute Gasteiger partial charge is 0.443 e. The van der Waals surface area contributed by atoms with Crippen LogP contribution in [0.2, 0.25) is 0 Å². The lowest BCUT2D eigenvalue weighted by atomic mass is 10.2. The predicted molar refractivity (Wildman–Crippen MR) is 103 cm³/mol. The van der Waals surface area contributed by atoms with Gasteiger partial charge in [-0.3, -0.25) is 24.5 Å². The quantitative estimate of drug-likeness (QED) is 0.572. The van der Waals surface area contributed by atoms with Gasteiger partial charge in [0.25, 0.3) is 11.5 Å². The van der Waals surface area contributed by atoms with Crippen molar-refractivity contribution in [2.24, 2.45) is 0 Å². The second-order valence-electron chi connectivity index (χ2n) is 6.61. The molecule has 4 rings (SSSR count). The van der Waals surface area contributed by atoms with Crippen molar-refractivity contribution >= 4 is 22.7 Å². The average molecular weight is 384 g/mol. The summed E-state index contributed by atoms with van der Waals surface area (Å²) in [6, 6.07) is 5.28. The number of pyridine rings is 1. The van der Waals surface area contributed by atoms with E-state index in [4.69, 9.17) is 4.42 Å². The Bertz CT molecular complexity index is 1110. The highest BCUT2D eigenvalue weighted by atomic mass is 16.3. The van der Waals surface area contributed by atoms with E-state index in [1.807, 2.05) is 6.07 Å². The maximum Gasteiger partial charge on any atom is 0.328 e. The van der Waals surface area contributed by atoms with Crippen molar-refractivity contribution in [1.82, 2.24) is 25.2 Å².